The average molecular weight is 111 g/mol. The van der Waals surface area contributed by atoms with Crippen LogP contribution in [0.4, 0.5) is 0 Å². The molecule has 2 heteroatoms. The van der Waals surface area contributed by atoms with Gasteiger partial charge < -0.3 is 0 Å². The maximum atomic E-state index is 9.57. The second kappa shape index (κ2) is 3.16. The maximum absolute atomic E-state index is 9.57. The summed E-state index contributed by atoms with van der Waals surface area (Å²) in [4.78, 5) is 12.9. The first-order valence-corrected chi connectivity index (χ1v) is 2.45. The molecule has 0 spiro atoms. The third kappa shape index (κ3) is 2.32. The number of rotatable bonds is 2. The minimum atomic E-state index is 0.247. The van der Waals surface area contributed by atoms with Crippen LogP contribution in [-0.4, -0.2) is 6.08 Å². The molecule has 0 saturated heterocycles. The van der Waals surface area contributed by atoms with E-state index in [-0.39, 0.29) is 5.92 Å². The quantitative estimate of drug-likeness (QED) is 0.392. The molecule has 0 unspecified atom stereocenters. The fourth-order valence-corrected chi connectivity index (χ4v) is 0.188. The molecular formula is C6H9NO. The van der Waals surface area contributed by atoms with Crippen molar-refractivity contribution in [3.63, 3.8) is 0 Å². The van der Waals surface area contributed by atoms with Gasteiger partial charge >= 0.3 is 0 Å². The van der Waals surface area contributed by atoms with Crippen molar-refractivity contribution in [2.45, 2.75) is 13.8 Å². The van der Waals surface area contributed by atoms with E-state index in [1.165, 1.54) is 6.08 Å². The van der Waals surface area contributed by atoms with Crippen LogP contribution in [-0.2, 0) is 4.79 Å². The predicted octanol–water partition coefficient (Wildman–Crippen LogP) is 1.49. The van der Waals surface area contributed by atoms with Crippen molar-refractivity contribution >= 4 is 6.08 Å². The Labute approximate surface area is 48.9 Å². The normalized spacial score (nSPS) is 8.38. The maximum Gasteiger partial charge on any atom is 0.240 e. The monoisotopic (exact) mass is 111 g/mol. The minimum Gasteiger partial charge on any atom is -0.211 e. The Bertz CT molecular complexity index is 131. The molecule has 0 rings (SSSR count). The van der Waals surface area contributed by atoms with E-state index >= 15 is 0 Å². The third-order valence-corrected chi connectivity index (χ3v) is 0.856. The van der Waals surface area contributed by atoms with E-state index in [0.717, 1.165) is 0 Å². The Morgan fingerprint density at radius 2 is 2.25 bits per heavy atom. The lowest BCUT2D eigenvalue weighted by Crippen LogP contribution is -1.86. The van der Waals surface area contributed by atoms with Crippen LogP contribution < -0.4 is 0 Å². The summed E-state index contributed by atoms with van der Waals surface area (Å²) in [5.74, 6) is 0.247. The zero-order valence-electron chi connectivity index (χ0n) is 5.14. The van der Waals surface area contributed by atoms with E-state index < -0.39 is 0 Å². The summed E-state index contributed by atoms with van der Waals surface area (Å²) >= 11 is 0. The fraction of sp³-hybridized carbons (Fsp3) is 0.500. The van der Waals surface area contributed by atoms with Crippen molar-refractivity contribution in [2.75, 3.05) is 0 Å². The smallest absolute Gasteiger partial charge is 0.211 e. The van der Waals surface area contributed by atoms with Gasteiger partial charge in [-0.3, -0.25) is 0 Å². The molecule has 0 atom stereocenters. The van der Waals surface area contributed by atoms with E-state index in [1.807, 2.05) is 13.8 Å². The van der Waals surface area contributed by atoms with Gasteiger partial charge in [-0.15, -0.1) is 0 Å². The number of hydrogen-bond acceptors (Lipinski definition) is 2. The lowest BCUT2D eigenvalue weighted by molar-refractivity contribution is 0.563. The van der Waals surface area contributed by atoms with E-state index in [1.54, 1.807) is 0 Å². The van der Waals surface area contributed by atoms with Gasteiger partial charge in [-0.25, -0.2) is 4.79 Å². The molecule has 8 heavy (non-hydrogen) atoms. The number of allylic oxidation sites excluding steroid dienone is 1. The van der Waals surface area contributed by atoms with Crippen molar-refractivity contribution in [3.8, 4) is 0 Å². The highest BCUT2D eigenvalue weighted by molar-refractivity contribution is 5.36. The highest BCUT2D eigenvalue weighted by atomic mass is 16.1. The Balaban J connectivity index is 3.84. The molecule has 0 aliphatic heterocycles. The highest BCUT2D eigenvalue weighted by Gasteiger charge is 1.94. The molecule has 0 aromatic heterocycles. The predicted molar refractivity (Wildman–Crippen MR) is 32.1 cm³/mol. The molecule has 0 fully saturated rings. The molecule has 0 aromatic rings. The summed E-state index contributed by atoms with van der Waals surface area (Å²) < 4.78 is 0. The van der Waals surface area contributed by atoms with Crippen LogP contribution in [0.5, 0.6) is 0 Å². The van der Waals surface area contributed by atoms with Gasteiger partial charge in [0.15, 0.2) is 0 Å². The van der Waals surface area contributed by atoms with Gasteiger partial charge in [0.1, 0.15) is 0 Å². The first-order chi connectivity index (χ1) is 3.68. The van der Waals surface area contributed by atoms with Gasteiger partial charge in [0.2, 0.25) is 6.08 Å². The number of aliphatic imine (C=N–C) groups is 1. The fourth-order valence-electron chi connectivity index (χ4n) is 0.188. The van der Waals surface area contributed by atoms with Crippen LogP contribution in [0.3, 0.4) is 0 Å². The zero-order chi connectivity index (χ0) is 6.57. The van der Waals surface area contributed by atoms with Crippen LogP contribution in [0.2, 0.25) is 0 Å². The number of nitrogens with zero attached hydrogens (tertiary/aromatic N) is 1. The van der Waals surface area contributed by atoms with Crippen molar-refractivity contribution < 1.29 is 4.79 Å². The van der Waals surface area contributed by atoms with Gasteiger partial charge in [0.05, 0.1) is 0 Å². The largest absolute Gasteiger partial charge is 0.240 e. The van der Waals surface area contributed by atoms with Crippen molar-refractivity contribution in [2.24, 2.45) is 10.9 Å². The van der Waals surface area contributed by atoms with Gasteiger partial charge in [-0.05, 0) is 5.92 Å². The number of hydrogen-bond donors (Lipinski definition) is 0. The Kier molecular flexibility index (Phi) is 2.82. The summed E-state index contributed by atoms with van der Waals surface area (Å²) in [5, 5.41) is 0. The topological polar surface area (TPSA) is 29.4 Å². The number of carbonyl (C=O) groups excluding carboxylic acids is 1. The van der Waals surface area contributed by atoms with Gasteiger partial charge in [-0.1, -0.05) is 20.4 Å². The Morgan fingerprint density at radius 1 is 1.75 bits per heavy atom. The lowest BCUT2D eigenvalue weighted by atomic mass is 10.2. The van der Waals surface area contributed by atoms with Crippen LogP contribution in [0.1, 0.15) is 13.8 Å². The summed E-state index contributed by atoms with van der Waals surface area (Å²) in [5.41, 5.74) is 0.583. The van der Waals surface area contributed by atoms with E-state index in [0.29, 0.717) is 5.70 Å². The molecule has 0 saturated carbocycles. The summed E-state index contributed by atoms with van der Waals surface area (Å²) in [7, 11) is 0. The number of isocyanates is 1. The molecule has 0 amide bonds. The van der Waals surface area contributed by atoms with E-state index in [2.05, 4.69) is 11.6 Å². The second-order valence-electron chi connectivity index (χ2n) is 1.85. The van der Waals surface area contributed by atoms with E-state index in [9.17, 15) is 4.79 Å². The van der Waals surface area contributed by atoms with Gasteiger partial charge in [0, 0.05) is 5.70 Å². The SMILES string of the molecule is C=C(N=C=O)C(C)C. The van der Waals surface area contributed by atoms with Gasteiger partial charge in [0.25, 0.3) is 0 Å². The molecule has 0 radical (unpaired) electrons. The van der Waals surface area contributed by atoms with Crippen LogP contribution in [0, 0.1) is 5.92 Å². The molecule has 44 valence electrons. The Morgan fingerprint density at radius 3 is 2.38 bits per heavy atom. The summed E-state index contributed by atoms with van der Waals surface area (Å²) in [6.07, 6.45) is 1.42. The molecule has 0 aromatic carbocycles. The standard InChI is InChI=1S/C6H9NO/c1-5(2)6(3)7-4-8/h5H,3H2,1-2H3. The van der Waals surface area contributed by atoms with Crippen LogP contribution in [0.15, 0.2) is 17.3 Å². The molecular weight excluding hydrogens is 102 g/mol. The molecule has 0 aliphatic carbocycles. The minimum absolute atomic E-state index is 0.247. The van der Waals surface area contributed by atoms with Crippen LogP contribution >= 0.6 is 0 Å². The molecule has 0 heterocycles. The van der Waals surface area contributed by atoms with Crippen molar-refractivity contribution in [1.29, 1.82) is 0 Å². The van der Waals surface area contributed by atoms with Crippen molar-refractivity contribution in [3.05, 3.63) is 12.3 Å². The van der Waals surface area contributed by atoms with Gasteiger partial charge in [-0.2, -0.15) is 4.99 Å². The first-order valence-electron chi connectivity index (χ1n) is 2.45. The third-order valence-electron chi connectivity index (χ3n) is 0.856. The Hall–Kier alpha value is -0.880. The molecule has 2 nitrogen and oxygen atoms in total. The second-order valence-corrected chi connectivity index (χ2v) is 1.85. The first kappa shape index (κ1) is 7.12. The average Bonchev–Trinajstić information content (AvgIpc) is 1.67. The lowest BCUT2D eigenvalue weighted by Gasteiger charge is -1.96. The zero-order valence-corrected chi connectivity index (χ0v) is 5.14. The van der Waals surface area contributed by atoms with E-state index in [4.69, 9.17) is 0 Å². The molecule has 0 N–H and O–H groups in total. The summed E-state index contributed by atoms with van der Waals surface area (Å²) in [6, 6.07) is 0. The summed E-state index contributed by atoms with van der Waals surface area (Å²) in [6.45, 7) is 7.35. The molecule has 0 aliphatic rings. The highest BCUT2D eigenvalue weighted by Crippen LogP contribution is 2.05. The molecule has 0 bridgehead atoms. The van der Waals surface area contributed by atoms with Crippen LogP contribution in [0.25, 0.3) is 0 Å². The van der Waals surface area contributed by atoms with Crippen molar-refractivity contribution in [1.82, 2.24) is 0 Å².